The zero-order valence-electron chi connectivity index (χ0n) is 17.2. The van der Waals surface area contributed by atoms with Crippen LogP contribution < -0.4 is 14.2 Å². The normalized spacial score (nSPS) is 10.9. The first kappa shape index (κ1) is 20.2. The third-order valence-electron chi connectivity index (χ3n) is 4.60. The molecule has 6 nitrogen and oxygen atoms in total. The highest BCUT2D eigenvalue weighted by Crippen LogP contribution is 2.46. The van der Waals surface area contributed by atoms with Gasteiger partial charge in [-0.05, 0) is 12.1 Å². The molecule has 0 aliphatic heterocycles. The second kappa shape index (κ2) is 8.65. The van der Waals surface area contributed by atoms with Crippen LogP contribution in [0.4, 0.5) is 0 Å². The predicted molar refractivity (Wildman–Crippen MR) is 115 cm³/mol. The monoisotopic (exact) mass is 392 g/mol. The average Bonchev–Trinajstić information content (AvgIpc) is 2.75. The second-order valence-corrected chi connectivity index (χ2v) is 6.56. The van der Waals surface area contributed by atoms with Crippen molar-refractivity contribution in [1.82, 2.24) is 9.88 Å². The number of carbonyl (C=O) groups excluding carboxylic acids is 1. The zero-order valence-corrected chi connectivity index (χ0v) is 17.2. The molecule has 0 aliphatic rings. The number of aromatic nitrogens is 1. The van der Waals surface area contributed by atoms with Crippen molar-refractivity contribution in [3.8, 4) is 28.5 Å². The van der Waals surface area contributed by atoms with Gasteiger partial charge in [0.2, 0.25) is 11.7 Å². The Balaban J connectivity index is 2.40. The highest BCUT2D eigenvalue weighted by molar-refractivity contribution is 6.04. The van der Waals surface area contributed by atoms with Gasteiger partial charge < -0.3 is 19.1 Å². The summed E-state index contributed by atoms with van der Waals surface area (Å²) in [5.41, 5.74) is 2.44. The highest BCUT2D eigenvalue weighted by Gasteiger charge is 2.21. The number of fused-ring (bicyclic) bond motifs is 1. The number of carbonyl (C=O) groups is 1. The van der Waals surface area contributed by atoms with Crippen LogP contribution in [0.15, 0.2) is 48.7 Å². The molecule has 0 N–H and O–H groups in total. The highest BCUT2D eigenvalue weighted by atomic mass is 16.5. The lowest BCUT2D eigenvalue weighted by Crippen LogP contribution is -2.18. The number of hydrogen-bond acceptors (Lipinski definition) is 5. The smallest absolute Gasteiger partial charge is 0.246 e. The van der Waals surface area contributed by atoms with E-state index in [1.807, 2.05) is 36.4 Å². The minimum absolute atomic E-state index is 0.125. The number of likely N-dealkylation sites (N-methyl/N-ethyl adjacent to an activating group) is 1. The lowest BCUT2D eigenvalue weighted by molar-refractivity contribution is -0.123. The van der Waals surface area contributed by atoms with Gasteiger partial charge >= 0.3 is 0 Å². The van der Waals surface area contributed by atoms with Crippen LogP contribution in [0, 0.1) is 0 Å². The minimum Gasteiger partial charge on any atom is -0.493 e. The second-order valence-electron chi connectivity index (χ2n) is 6.56. The van der Waals surface area contributed by atoms with Gasteiger partial charge in [0.15, 0.2) is 11.5 Å². The van der Waals surface area contributed by atoms with Crippen molar-refractivity contribution in [2.75, 3.05) is 35.4 Å². The van der Waals surface area contributed by atoms with Gasteiger partial charge in [0.25, 0.3) is 0 Å². The number of amides is 1. The number of hydrogen-bond donors (Lipinski definition) is 0. The van der Waals surface area contributed by atoms with Crippen molar-refractivity contribution in [3.63, 3.8) is 0 Å². The van der Waals surface area contributed by atoms with Crippen LogP contribution in [-0.2, 0) is 4.79 Å². The molecule has 0 radical (unpaired) electrons. The fourth-order valence-corrected chi connectivity index (χ4v) is 3.17. The molecular formula is C23H24N2O4. The van der Waals surface area contributed by atoms with Gasteiger partial charge in [0.1, 0.15) is 0 Å². The summed E-state index contributed by atoms with van der Waals surface area (Å²) in [6.07, 6.45) is 5.07. The molecule has 3 aromatic rings. The summed E-state index contributed by atoms with van der Waals surface area (Å²) in [5, 5.41) is 1.61. The summed E-state index contributed by atoms with van der Waals surface area (Å²) >= 11 is 0. The third-order valence-corrected chi connectivity index (χ3v) is 4.60. The van der Waals surface area contributed by atoms with Gasteiger partial charge in [-0.3, -0.25) is 9.78 Å². The maximum atomic E-state index is 12.2. The van der Waals surface area contributed by atoms with E-state index in [4.69, 9.17) is 14.2 Å². The Labute approximate surface area is 170 Å². The maximum Gasteiger partial charge on any atom is 0.246 e. The van der Waals surface area contributed by atoms with E-state index < -0.39 is 0 Å². The van der Waals surface area contributed by atoms with E-state index in [1.165, 1.54) is 11.0 Å². The van der Waals surface area contributed by atoms with E-state index in [1.54, 1.807) is 47.7 Å². The standard InChI is InChI=1S/C23H24N2O4/c1-25(2)19(26)12-11-17-20-16(13-18(27-3)22(28-4)23(20)29-5)14-24-21(17)15-9-7-6-8-10-15/h6-14H,1-5H3/b12-11+. The Morgan fingerprint density at radius 1 is 1.00 bits per heavy atom. The molecule has 0 spiro atoms. The number of rotatable bonds is 6. The first-order chi connectivity index (χ1) is 14.0. The average molecular weight is 392 g/mol. The van der Waals surface area contributed by atoms with E-state index in [9.17, 15) is 4.79 Å². The summed E-state index contributed by atoms with van der Waals surface area (Å²) in [5.74, 6) is 1.44. The van der Waals surface area contributed by atoms with Gasteiger partial charge in [-0.15, -0.1) is 0 Å². The van der Waals surface area contributed by atoms with Crippen molar-refractivity contribution in [2.45, 2.75) is 0 Å². The molecule has 29 heavy (non-hydrogen) atoms. The van der Waals surface area contributed by atoms with Gasteiger partial charge in [-0.25, -0.2) is 0 Å². The van der Waals surface area contributed by atoms with Crippen LogP contribution in [0.2, 0.25) is 0 Å². The molecule has 150 valence electrons. The quantitative estimate of drug-likeness (QED) is 0.593. The van der Waals surface area contributed by atoms with Gasteiger partial charge in [-0.1, -0.05) is 30.3 Å². The Kier molecular flexibility index (Phi) is 6.02. The molecular weight excluding hydrogens is 368 g/mol. The molecule has 2 aromatic carbocycles. The Hall–Kier alpha value is -3.54. The van der Waals surface area contributed by atoms with Crippen molar-refractivity contribution in [2.24, 2.45) is 0 Å². The molecule has 1 heterocycles. The molecule has 1 amide bonds. The molecule has 0 aliphatic carbocycles. The van der Waals surface area contributed by atoms with Crippen molar-refractivity contribution < 1.29 is 19.0 Å². The van der Waals surface area contributed by atoms with E-state index in [-0.39, 0.29) is 5.91 Å². The molecule has 6 heteroatoms. The molecule has 3 rings (SSSR count). The fourth-order valence-electron chi connectivity index (χ4n) is 3.17. The van der Waals surface area contributed by atoms with Crippen LogP contribution in [-0.4, -0.2) is 51.2 Å². The molecule has 0 fully saturated rings. The predicted octanol–water partition coefficient (Wildman–Crippen LogP) is 4.03. The number of pyridine rings is 1. The number of ether oxygens (including phenoxy) is 3. The van der Waals surface area contributed by atoms with Gasteiger partial charge in [-0.2, -0.15) is 0 Å². The van der Waals surface area contributed by atoms with Crippen LogP contribution >= 0.6 is 0 Å². The first-order valence-electron chi connectivity index (χ1n) is 9.08. The number of methoxy groups -OCH3 is 3. The van der Waals surface area contributed by atoms with Gasteiger partial charge in [0.05, 0.1) is 27.0 Å². The van der Waals surface area contributed by atoms with E-state index in [2.05, 4.69) is 4.98 Å². The first-order valence-corrected chi connectivity index (χ1v) is 9.08. The molecule has 0 saturated heterocycles. The van der Waals surface area contributed by atoms with Crippen LogP contribution in [0.3, 0.4) is 0 Å². The van der Waals surface area contributed by atoms with Crippen molar-refractivity contribution in [3.05, 3.63) is 54.2 Å². The molecule has 0 bridgehead atoms. The van der Waals surface area contributed by atoms with E-state index in [0.29, 0.717) is 17.2 Å². The number of nitrogens with zero attached hydrogens (tertiary/aromatic N) is 2. The Bertz CT molecular complexity index is 1060. The zero-order chi connectivity index (χ0) is 21.0. The maximum absolute atomic E-state index is 12.2. The minimum atomic E-state index is -0.125. The van der Waals surface area contributed by atoms with Crippen LogP contribution in [0.5, 0.6) is 17.2 Å². The lowest BCUT2D eigenvalue weighted by atomic mass is 9.98. The Morgan fingerprint density at radius 3 is 2.28 bits per heavy atom. The summed E-state index contributed by atoms with van der Waals surface area (Å²) in [7, 11) is 8.14. The van der Waals surface area contributed by atoms with Crippen LogP contribution in [0.25, 0.3) is 28.1 Å². The van der Waals surface area contributed by atoms with Crippen molar-refractivity contribution in [1.29, 1.82) is 0 Å². The lowest BCUT2D eigenvalue weighted by Gasteiger charge is -2.18. The molecule has 0 saturated carbocycles. The topological polar surface area (TPSA) is 60.9 Å². The van der Waals surface area contributed by atoms with E-state index in [0.717, 1.165) is 27.6 Å². The van der Waals surface area contributed by atoms with Gasteiger partial charge in [0, 0.05) is 48.3 Å². The summed E-state index contributed by atoms with van der Waals surface area (Å²) in [4.78, 5) is 18.4. The summed E-state index contributed by atoms with van der Waals surface area (Å²) in [6, 6.07) is 11.7. The van der Waals surface area contributed by atoms with E-state index >= 15 is 0 Å². The number of benzene rings is 2. The summed E-state index contributed by atoms with van der Waals surface area (Å²) < 4.78 is 16.7. The largest absolute Gasteiger partial charge is 0.493 e. The third kappa shape index (κ3) is 3.87. The summed E-state index contributed by atoms with van der Waals surface area (Å²) in [6.45, 7) is 0. The molecule has 1 aromatic heterocycles. The Morgan fingerprint density at radius 2 is 1.69 bits per heavy atom. The fraction of sp³-hybridized carbons (Fsp3) is 0.217. The van der Waals surface area contributed by atoms with Crippen molar-refractivity contribution >= 4 is 22.8 Å². The molecule has 0 atom stereocenters. The molecule has 0 unspecified atom stereocenters. The van der Waals surface area contributed by atoms with Crippen LogP contribution in [0.1, 0.15) is 5.56 Å². The SMILES string of the molecule is COc1cc2cnc(-c3ccccc3)c(/C=C/C(=O)N(C)C)c2c(OC)c1OC.